The lowest BCUT2D eigenvalue weighted by Gasteiger charge is -2.29. The fourth-order valence-electron chi connectivity index (χ4n) is 2.25. The first-order chi connectivity index (χ1) is 8.91. The predicted octanol–water partition coefficient (Wildman–Crippen LogP) is 5.84. The van der Waals surface area contributed by atoms with Crippen molar-refractivity contribution in [1.82, 2.24) is 0 Å². The maximum absolute atomic E-state index is 6.44. The van der Waals surface area contributed by atoms with Crippen LogP contribution in [0.1, 0.15) is 26.7 Å². The molecule has 2 nitrogen and oxygen atoms in total. The van der Waals surface area contributed by atoms with E-state index in [2.05, 4.69) is 45.6 Å². The topological polar surface area (TPSA) is 21.6 Å². The zero-order chi connectivity index (χ0) is 14.4. The third-order valence-electron chi connectivity index (χ3n) is 2.65. The summed E-state index contributed by atoms with van der Waals surface area (Å²) in [6.45, 7) is 11.4. The van der Waals surface area contributed by atoms with E-state index in [4.69, 9.17) is 8.93 Å². The van der Waals surface area contributed by atoms with E-state index in [1.807, 2.05) is 18.2 Å². The average Bonchev–Trinajstić information content (AvgIpc) is 2.28. The molecule has 108 valence electrons. The molecule has 0 amide bonds. The van der Waals surface area contributed by atoms with Crippen molar-refractivity contribution in [2.24, 2.45) is 4.41 Å². The van der Waals surface area contributed by atoms with Crippen LogP contribution in [0, 0.1) is 0 Å². The molecule has 0 atom stereocenters. The second kappa shape index (κ2) is 7.30. The normalized spacial score (nSPS) is 12.3. The first-order valence-electron chi connectivity index (χ1n) is 7.27. The van der Waals surface area contributed by atoms with Gasteiger partial charge in [0.2, 0.25) is 0 Å². The van der Waals surface area contributed by atoms with Gasteiger partial charge in [-0.2, -0.15) is 0 Å². The van der Waals surface area contributed by atoms with Crippen LogP contribution in [0.5, 0.6) is 5.75 Å². The molecule has 0 aliphatic rings. The van der Waals surface area contributed by atoms with Gasteiger partial charge in [-0.05, 0) is 44.6 Å². The summed E-state index contributed by atoms with van der Waals surface area (Å²) in [6, 6.07) is 10.2. The Morgan fingerprint density at radius 1 is 1.00 bits per heavy atom. The lowest BCUT2D eigenvalue weighted by Crippen LogP contribution is -2.18. The molecule has 0 aliphatic carbocycles. The van der Waals surface area contributed by atoms with E-state index >= 15 is 0 Å². The molecule has 0 aliphatic heterocycles. The smallest absolute Gasteiger partial charge is 0.174 e. The Balaban J connectivity index is 3.13. The Labute approximate surface area is 119 Å². The monoisotopic (exact) mass is 297 g/mol. The van der Waals surface area contributed by atoms with Gasteiger partial charge in [-0.3, -0.25) is 0 Å². The van der Waals surface area contributed by atoms with E-state index < -0.39 is 15.5 Å². The molecule has 0 radical (unpaired) electrons. The molecule has 19 heavy (non-hydrogen) atoms. The SMILES string of the molecule is CCCP(CCC)(=N[Si](C)(C)C)Oc1ccccc1. The van der Waals surface area contributed by atoms with Crippen molar-refractivity contribution in [2.45, 2.75) is 46.3 Å². The lowest BCUT2D eigenvalue weighted by molar-refractivity contribution is 0.597. The molecule has 0 N–H and O–H groups in total. The number of rotatable bonds is 7. The van der Waals surface area contributed by atoms with Crippen LogP contribution in [0.25, 0.3) is 0 Å². The minimum atomic E-state index is -1.65. The number of nitrogens with zero attached hydrogens (tertiary/aromatic N) is 1. The molecule has 0 bridgehead atoms. The summed E-state index contributed by atoms with van der Waals surface area (Å²) in [5.41, 5.74) is 0. The van der Waals surface area contributed by atoms with Crippen LogP contribution in [0.2, 0.25) is 19.6 Å². The van der Waals surface area contributed by atoms with Gasteiger partial charge in [0, 0.05) is 12.3 Å². The molecule has 4 heteroatoms. The van der Waals surface area contributed by atoms with Gasteiger partial charge >= 0.3 is 0 Å². The lowest BCUT2D eigenvalue weighted by atomic mass is 10.3. The Morgan fingerprint density at radius 3 is 1.95 bits per heavy atom. The van der Waals surface area contributed by atoms with Gasteiger partial charge in [-0.15, -0.1) is 0 Å². The molecule has 0 heterocycles. The van der Waals surface area contributed by atoms with Crippen molar-refractivity contribution < 1.29 is 4.52 Å². The summed E-state index contributed by atoms with van der Waals surface area (Å²) >= 11 is 0. The summed E-state index contributed by atoms with van der Waals surface area (Å²) in [7, 11) is -3.12. The number of benzene rings is 1. The van der Waals surface area contributed by atoms with Gasteiger partial charge in [-0.1, -0.05) is 32.0 Å². The highest BCUT2D eigenvalue weighted by Crippen LogP contribution is 2.53. The van der Waals surface area contributed by atoms with E-state index in [9.17, 15) is 0 Å². The van der Waals surface area contributed by atoms with Crippen molar-refractivity contribution in [3.8, 4) is 5.75 Å². The first-order valence-corrected chi connectivity index (χ1v) is 12.7. The van der Waals surface area contributed by atoms with Crippen LogP contribution in [-0.4, -0.2) is 20.6 Å². The Kier molecular flexibility index (Phi) is 6.35. The van der Waals surface area contributed by atoms with Crippen molar-refractivity contribution in [2.75, 3.05) is 12.3 Å². The third kappa shape index (κ3) is 5.97. The average molecular weight is 297 g/mol. The van der Waals surface area contributed by atoms with Crippen molar-refractivity contribution >= 4 is 15.5 Å². The summed E-state index contributed by atoms with van der Waals surface area (Å²) in [5, 5.41) is 0. The van der Waals surface area contributed by atoms with Crippen molar-refractivity contribution in [3.63, 3.8) is 0 Å². The molecular weight excluding hydrogens is 269 g/mol. The fraction of sp³-hybridized carbons (Fsp3) is 0.600. The zero-order valence-corrected chi connectivity index (χ0v) is 14.9. The quantitative estimate of drug-likeness (QED) is 0.458. The predicted molar refractivity (Wildman–Crippen MR) is 90.1 cm³/mol. The van der Waals surface area contributed by atoms with Gasteiger partial charge in [0.1, 0.15) is 13.0 Å². The van der Waals surface area contributed by atoms with E-state index in [0.717, 1.165) is 30.9 Å². The molecule has 0 fully saturated rings. The Hall–Kier alpha value is -0.533. The summed E-state index contributed by atoms with van der Waals surface area (Å²) in [6.07, 6.45) is 4.52. The van der Waals surface area contributed by atoms with Crippen molar-refractivity contribution in [3.05, 3.63) is 30.3 Å². The summed E-state index contributed by atoms with van der Waals surface area (Å²) in [4.78, 5) is 0. The molecule has 0 saturated heterocycles. The third-order valence-corrected chi connectivity index (χ3v) is 9.35. The minimum Gasteiger partial charge on any atom is -0.461 e. The highest BCUT2D eigenvalue weighted by molar-refractivity contribution is 7.63. The Morgan fingerprint density at radius 2 is 1.53 bits per heavy atom. The number of hydrogen-bond donors (Lipinski definition) is 0. The van der Waals surface area contributed by atoms with Gasteiger partial charge in [-0.25, -0.2) is 0 Å². The minimum absolute atomic E-state index is 0.986. The van der Waals surface area contributed by atoms with Gasteiger partial charge in [0.15, 0.2) is 8.24 Å². The van der Waals surface area contributed by atoms with Crippen LogP contribution in [0.3, 0.4) is 0 Å². The zero-order valence-electron chi connectivity index (χ0n) is 13.0. The molecule has 1 aromatic carbocycles. The van der Waals surface area contributed by atoms with E-state index in [0.29, 0.717) is 0 Å². The van der Waals surface area contributed by atoms with Crippen LogP contribution < -0.4 is 4.52 Å². The summed E-state index contributed by atoms with van der Waals surface area (Å²) in [5.74, 6) is 0.986. The summed E-state index contributed by atoms with van der Waals surface area (Å²) < 4.78 is 11.7. The van der Waals surface area contributed by atoms with Gasteiger partial charge in [0.25, 0.3) is 0 Å². The van der Waals surface area contributed by atoms with Gasteiger partial charge in [0.05, 0.1) is 0 Å². The standard InChI is InChI=1S/C15H28NOPSi/c1-6-13-18(14-7-2,16-19(3,4)5)17-15-11-9-8-10-12-15/h8-12H,6-7,13-14H2,1-5H3. The second-order valence-electron chi connectivity index (χ2n) is 5.97. The maximum atomic E-state index is 6.44. The van der Waals surface area contributed by atoms with Crippen LogP contribution in [0.4, 0.5) is 0 Å². The number of para-hydroxylation sites is 1. The highest BCUT2D eigenvalue weighted by Gasteiger charge is 2.25. The van der Waals surface area contributed by atoms with Crippen LogP contribution in [0.15, 0.2) is 34.7 Å². The second-order valence-corrected chi connectivity index (χ2v) is 13.9. The largest absolute Gasteiger partial charge is 0.461 e. The van der Waals surface area contributed by atoms with E-state index in [1.165, 1.54) is 0 Å². The van der Waals surface area contributed by atoms with Crippen LogP contribution >= 0.6 is 7.28 Å². The molecule has 1 aromatic rings. The van der Waals surface area contributed by atoms with E-state index in [-0.39, 0.29) is 0 Å². The molecule has 0 unspecified atom stereocenters. The molecule has 0 aromatic heterocycles. The highest BCUT2D eigenvalue weighted by atomic mass is 31.2. The molecule has 0 saturated carbocycles. The van der Waals surface area contributed by atoms with Crippen molar-refractivity contribution in [1.29, 1.82) is 0 Å². The van der Waals surface area contributed by atoms with E-state index in [1.54, 1.807) is 0 Å². The van der Waals surface area contributed by atoms with Gasteiger partial charge < -0.3 is 8.93 Å². The Bertz CT molecular complexity index is 416. The number of hydrogen-bond acceptors (Lipinski definition) is 2. The molecule has 0 spiro atoms. The molecular formula is C15H28NOPSi. The maximum Gasteiger partial charge on any atom is 0.174 e. The van der Waals surface area contributed by atoms with Crippen LogP contribution in [-0.2, 0) is 0 Å². The molecule has 1 rings (SSSR count). The fourth-order valence-corrected chi connectivity index (χ4v) is 9.90. The first kappa shape index (κ1) is 16.5.